The zero-order chi connectivity index (χ0) is 20.4. The third-order valence-corrected chi connectivity index (χ3v) is 4.81. The standard InChI is InChI=1S/C19H34N6O3.HI/c1-5-20-19(22-7-6-17-15(2)23-28-16(17)3)25-11-9-24(10-12-25)14-18(26)21-8-13-27-4;/h5-14H2,1-4H3,(H,20,22)(H,21,26);1H. The molecule has 1 fully saturated rings. The minimum Gasteiger partial charge on any atom is -0.383 e. The van der Waals surface area contributed by atoms with Gasteiger partial charge >= 0.3 is 0 Å². The molecule has 2 N–H and O–H groups in total. The Morgan fingerprint density at radius 3 is 2.55 bits per heavy atom. The third kappa shape index (κ3) is 8.47. The van der Waals surface area contributed by atoms with E-state index in [9.17, 15) is 4.79 Å². The molecule has 0 spiro atoms. The second kappa shape index (κ2) is 13.8. The summed E-state index contributed by atoms with van der Waals surface area (Å²) < 4.78 is 10.2. The van der Waals surface area contributed by atoms with Gasteiger partial charge in [-0.2, -0.15) is 0 Å². The van der Waals surface area contributed by atoms with Crippen molar-refractivity contribution in [2.45, 2.75) is 27.2 Å². The summed E-state index contributed by atoms with van der Waals surface area (Å²) in [6.07, 6.45) is 0.817. The fourth-order valence-corrected chi connectivity index (χ4v) is 3.23. The van der Waals surface area contributed by atoms with Crippen LogP contribution in [0.25, 0.3) is 0 Å². The first kappa shape index (κ1) is 25.6. The number of aryl methyl sites for hydroxylation is 2. The van der Waals surface area contributed by atoms with Crippen LogP contribution in [-0.4, -0.2) is 92.9 Å². The van der Waals surface area contributed by atoms with Crippen molar-refractivity contribution in [3.8, 4) is 0 Å². The van der Waals surface area contributed by atoms with E-state index in [1.54, 1.807) is 7.11 Å². The summed E-state index contributed by atoms with van der Waals surface area (Å²) in [7, 11) is 1.63. The highest BCUT2D eigenvalue weighted by Gasteiger charge is 2.21. The molecule has 1 aromatic rings. The molecule has 9 nitrogen and oxygen atoms in total. The van der Waals surface area contributed by atoms with Gasteiger partial charge in [0.15, 0.2) is 5.96 Å². The van der Waals surface area contributed by atoms with E-state index < -0.39 is 0 Å². The maximum absolute atomic E-state index is 11.9. The summed E-state index contributed by atoms with van der Waals surface area (Å²) in [4.78, 5) is 21.2. The van der Waals surface area contributed by atoms with Crippen LogP contribution in [0.5, 0.6) is 0 Å². The molecular weight excluding hydrogens is 487 g/mol. The van der Waals surface area contributed by atoms with Crippen molar-refractivity contribution in [3.05, 3.63) is 17.0 Å². The van der Waals surface area contributed by atoms with E-state index in [1.165, 1.54) is 0 Å². The fraction of sp³-hybridized carbons (Fsp3) is 0.737. The molecule has 0 bridgehead atoms. The first-order chi connectivity index (χ1) is 13.5. The Balaban J connectivity index is 0.00000420. The number of guanidine groups is 1. The summed E-state index contributed by atoms with van der Waals surface area (Å²) >= 11 is 0. The summed E-state index contributed by atoms with van der Waals surface area (Å²) in [5.74, 6) is 1.85. The molecule has 29 heavy (non-hydrogen) atoms. The van der Waals surface area contributed by atoms with Crippen molar-refractivity contribution in [3.63, 3.8) is 0 Å². The smallest absolute Gasteiger partial charge is 0.234 e. The van der Waals surface area contributed by atoms with E-state index >= 15 is 0 Å². The number of aliphatic imine (C=N–C) groups is 1. The molecule has 0 unspecified atom stereocenters. The van der Waals surface area contributed by atoms with Crippen LogP contribution in [0, 0.1) is 13.8 Å². The second-order valence-corrected chi connectivity index (χ2v) is 6.89. The summed E-state index contributed by atoms with van der Waals surface area (Å²) in [6.45, 7) is 12.4. The number of rotatable bonds is 9. The largest absolute Gasteiger partial charge is 0.383 e. The molecule has 10 heteroatoms. The minimum atomic E-state index is 0. The molecule has 0 saturated carbocycles. The van der Waals surface area contributed by atoms with Crippen molar-refractivity contribution in [1.82, 2.24) is 25.6 Å². The number of halogens is 1. The first-order valence-electron chi connectivity index (χ1n) is 9.98. The highest BCUT2D eigenvalue weighted by Crippen LogP contribution is 2.13. The predicted molar refractivity (Wildman–Crippen MR) is 124 cm³/mol. The zero-order valence-electron chi connectivity index (χ0n) is 18.0. The maximum atomic E-state index is 11.9. The van der Waals surface area contributed by atoms with Gasteiger partial charge in [-0.25, -0.2) is 0 Å². The van der Waals surface area contributed by atoms with Crippen LogP contribution >= 0.6 is 24.0 Å². The number of nitrogens with one attached hydrogen (secondary N) is 2. The first-order valence-corrected chi connectivity index (χ1v) is 9.98. The van der Waals surface area contributed by atoms with Gasteiger partial charge in [0.25, 0.3) is 0 Å². The van der Waals surface area contributed by atoms with Crippen molar-refractivity contribution < 1.29 is 14.1 Å². The number of hydrogen-bond donors (Lipinski definition) is 2. The van der Waals surface area contributed by atoms with Gasteiger partial charge in [-0.3, -0.25) is 14.7 Å². The molecule has 0 radical (unpaired) electrons. The Kier molecular flexibility index (Phi) is 12.2. The quantitative estimate of drug-likeness (QED) is 0.215. The van der Waals surface area contributed by atoms with Crippen LogP contribution in [-0.2, 0) is 16.0 Å². The fourth-order valence-electron chi connectivity index (χ4n) is 3.23. The lowest BCUT2D eigenvalue weighted by molar-refractivity contribution is -0.122. The van der Waals surface area contributed by atoms with E-state index in [1.807, 2.05) is 13.8 Å². The lowest BCUT2D eigenvalue weighted by Gasteiger charge is -2.36. The highest BCUT2D eigenvalue weighted by molar-refractivity contribution is 14.0. The lowest BCUT2D eigenvalue weighted by atomic mass is 10.1. The van der Waals surface area contributed by atoms with E-state index in [0.29, 0.717) is 26.2 Å². The molecule has 166 valence electrons. The average Bonchev–Trinajstić information content (AvgIpc) is 3.00. The number of hydrogen-bond acceptors (Lipinski definition) is 6. The van der Waals surface area contributed by atoms with Gasteiger partial charge in [-0.1, -0.05) is 5.16 Å². The van der Waals surface area contributed by atoms with Crippen molar-refractivity contribution in [2.75, 3.05) is 66.1 Å². The van der Waals surface area contributed by atoms with Crippen LogP contribution in [0.2, 0.25) is 0 Å². The Morgan fingerprint density at radius 2 is 1.97 bits per heavy atom. The third-order valence-electron chi connectivity index (χ3n) is 4.81. The number of nitrogens with zero attached hydrogens (tertiary/aromatic N) is 4. The van der Waals surface area contributed by atoms with E-state index in [-0.39, 0.29) is 29.9 Å². The number of amides is 1. The van der Waals surface area contributed by atoms with Crippen LogP contribution in [0.1, 0.15) is 23.9 Å². The molecule has 2 heterocycles. The van der Waals surface area contributed by atoms with Gasteiger partial charge in [-0.15, -0.1) is 24.0 Å². The van der Waals surface area contributed by atoms with Crippen molar-refractivity contribution in [1.29, 1.82) is 0 Å². The lowest BCUT2D eigenvalue weighted by Crippen LogP contribution is -2.54. The molecular formula is C19H35IN6O3. The predicted octanol–water partition coefficient (Wildman–Crippen LogP) is 0.798. The molecule has 1 aliphatic rings. The van der Waals surface area contributed by atoms with Crippen molar-refractivity contribution in [2.24, 2.45) is 4.99 Å². The maximum Gasteiger partial charge on any atom is 0.234 e. The zero-order valence-corrected chi connectivity index (χ0v) is 20.3. The average molecular weight is 522 g/mol. The molecule has 0 aliphatic carbocycles. The van der Waals surface area contributed by atoms with Gasteiger partial charge < -0.3 is 24.8 Å². The van der Waals surface area contributed by atoms with Crippen molar-refractivity contribution >= 4 is 35.8 Å². The Hall–Kier alpha value is -1.40. The van der Waals surface area contributed by atoms with E-state index in [4.69, 9.17) is 14.3 Å². The molecule has 0 atom stereocenters. The normalized spacial score (nSPS) is 15.2. The summed E-state index contributed by atoms with van der Waals surface area (Å²) in [5, 5.41) is 10.2. The monoisotopic (exact) mass is 522 g/mol. The highest BCUT2D eigenvalue weighted by atomic mass is 127. The van der Waals surface area contributed by atoms with Gasteiger partial charge in [0, 0.05) is 58.5 Å². The SMILES string of the molecule is CCNC(=NCCc1c(C)noc1C)N1CCN(CC(=O)NCCOC)CC1.I. The Bertz CT molecular complexity index is 624. The molecule has 1 aliphatic heterocycles. The number of methoxy groups -OCH3 is 1. The van der Waals surface area contributed by atoms with Crippen LogP contribution in [0.3, 0.4) is 0 Å². The van der Waals surface area contributed by atoms with Gasteiger partial charge in [0.2, 0.25) is 5.91 Å². The number of piperazine rings is 1. The molecule has 1 amide bonds. The van der Waals surface area contributed by atoms with Crippen LogP contribution in [0.4, 0.5) is 0 Å². The Morgan fingerprint density at radius 1 is 1.24 bits per heavy atom. The van der Waals surface area contributed by atoms with Crippen LogP contribution in [0.15, 0.2) is 9.52 Å². The molecule has 2 rings (SSSR count). The summed E-state index contributed by atoms with van der Waals surface area (Å²) in [6, 6.07) is 0. The topological polar surface area (TPSA) is 95.2 Å². The molecule has 0 aromatic carbocycles. The Labute approximate surface area is 190 Å². The van der Waals surface area contributed by atoms with E-state index in [2.05, 4.69) is 32.5 Å². The summed E-state index contributed by atoms with van der Waals surface area (Å²) in [5.41, 5.74) is 2.08. The second-order valence-electron chi connectivity index (χ2n) is 6.89. The number of aromatic nitrogens is 1. The molecule has 1 aromatic heterocycles. The van der Waals surface area contributed by atoms with Gasteiger partial charge in [0.05, 0.1) is 18.8 Å². The van der Waals surface area contributed by atoms with Gasteiger partial charge in [-0.05, 0) is 27.2 Å². The number of carbonyl (C=O) groups excluding carboxylic acids is 1. The van der Waals surface area contributed by atoms with E-state index in [0.717, 1.165) is 62.1 Å². The number of ether oxygens (including phenoxy) is 1. The van der Waals surface area contributed by atoms with Crippen LogP contribution < -0.4 is 10.6 Å². The minimum absolute atomic E-state index is 0. The van der Waals surface area contributed by atoms with Gasteiger partial charge in [0.1, 0.15) is 5.76 Å². The molecule has 1 saturated heterocycles. The number of carbonyl (C=O) groups is 1.